The summed E-state index contributed by atoms with van der Waals surface area (Å²) in [5, 5.41) is 10.8. The van der Waals surface area contributed by atoms with E-state index in [-0.39, 0.29) is 5.91 Å². The number of piperidine rings is 1. The Morgan fingerprint density at radius 1 is 1.28 bits per heavy atom. The van der Waals surface area contributed by atoms with Gasteiger partial charge < -0.3 is 15.5 Å². The van der Waals surface area contributed by atoms with Crippen molar-refractivity contribution in [3.8, 4) is 0 Å². The molecule has 0 unspecified atom stereocenters. The van der Waals surface area contributed by atoms with Crippen LogP contribution >= 0.6 is 0 Å². The maximum absolute atomic E-state index is 13.0. The minimum absolute atomic E-state index is 0.0516. The average Bonchev–Trinajstić information content (AvgIpc) is 3.15. The number of nitrogens with zero attached hydrogens (tertiary/aromatic N) is 3. The van der Waals surface area contributed by atoms with Gasteiger partial charge in [-0.2, -0.15) is 5.10 Å². The predicted molar refractivity (Wildman–Crippen MR) is 98.0 cm³/mol. The highest BCUT2D eigenvalue weighted by Crippen LogP contribution is 2.27. The number of benzene rings is 1. The van der Waals surface area contributed by atoms with Crippen molar-refractivity contribution in [1.29, 1.82) is 0 Å². The lowest BCUT2D eigenvalue weighted by molar-refractivity contribution is -0.132. The van der Waals surface area contributed by atoms with Crippen molar-refractivity contribution in [1.82, 2.24) is 25.3 Å². The highest BCUT2D eigenvalue weighted by molar-refractivity contribution is 5.84. The van der Waals surface area contributed by atoms with Crippen LogP contribution in [0.15, 0.2) is 42.7 Å². The highest BCUT2D eigenvalue weighted by Gasteiger charge is 2.41. The van der Waals surface area contributed by atoms with Gasteiger partial charge >= 0.3 is 0 Å². The van der Waals surface area contributed by atoms with Crippen LogP contribution < -0.4 is 10.6 Å². The molecule has 0 bridgehead atoms. The Morgan fingerprint density at radius 2 is 2.04 bits per heavy atom. The molecule has 1 aliphatic heterocycles. The molecule has 6 heteroatoms. The summed E-state index contributed by atoms with van der Waals surface area (Å²) in [6.07, 6.45) is 5.13. The molecule has 0 aliphatic carbocycles. The van der Waals surface area contributed by atoms with E-state index in [1.807, 2.05) is 23.0 Å². The van der Waals surface area contributed by atoms with Gasteiger partial charge in [0, 0.05) is 25.5 Å². The van der Waals surface area contributed by atoms with Crippen LogP contribution in [-0.4, -0.2) is 47.8 Å². The standard InChI is InChI=1S/C19H27N5O/c1-23(2)15-17-6-3-5-16(13-17)14-21-18(25)19(7-10-20-11-8-19)24-12-4-9-22-24/h3-6,9,12-13,20H,7-8,10-11,14-15H2,1-2H3,(H,21,25). The summed E-state index contributed by atoms with van der Waals surface area (Å²) >= 11 is 0. The molecule has 6 nitrogen and oxygen atoms in total. The summed E-state index contributed by atoms with van der Waals surface area (Å²) in [5.41, 5.74) is 1.79. The van der Waals surface area contributed by atoms with E-state index < -0.39 is 5.54 Å². The van der Waals surface area contributed by atoms with Crippen LogP contribution in [0.4, 0.5) is 0 Å². The van der Waals surface area contributed by atoms with Gasteiger partial charge in [0.15, 0.2) is 0 Å². The molecule has 1 saturated heterocycles. The molecule has 134 valence electrons. The number of hydrogen-bond acceptors (Lipinski definition) is 4. The van der Waals surface area contributed by atoms with Gasteiger partial charge in [0.25, 0.3) is 0 Å². The van der Waals surface area contributed by atoms with Crippen molar-refractivity contribution >= 4 is 5.91 Å². The Balaban J connectivity index is 1.70. The molecule has 1 fully saturated rings. The van der Waals surface area contributed by atoms with Gasteiger partial charge in [-0.25, -0.2) is 0 Å². The maximum Gasteiger partial charge on any atom is 0.248 e. The zero-order chi connectivity index (χ0) is 17.7. The summed E-state index contributed by atoms with van der Waals surface area (Å²) in [7, 11) is 4.11. The maximum atomic E-state index is 13.0. The number of rotatable bonds is 6. The van der Waals surface area contributed by atoms with Gasteiger partial charge in [0.05, 0.1) is 0 Å². The van der Waals surface area contributed by atoms with Crippen LogP contribution in [-0.2, 0) is 23.4 Å². The SMILES string of the molecule is CN(C)Cc1cccc(CNC(=O)C2(n3cccn3)CCNCC2)c1. The van der Waals surface area contributed by atoms with E-state index >= 15 is 0 Å². The summed E-state index contributed by atoms with van der Waals surface area (Å²) in [5.74, 6) is 0.0516. The molecular weight excluding hydrogens is 314 g/mol. The minimum Gasteiger partial charge on any atom is -0.350 e. The van der Waals surface area contributed by atoms with E-state index in [9.17, 15) is 4.79 Å². The molecule has 0 radical (unpaired) electrons. The van der Waals surface area contributed by atoms with E-state index in [0.717, 1.165) is 38.0 Å². The molecular formula is C19H27N5O. The number of carbonyl (C=O) groups is 1. The predicted octanol–water partition coefficient (Wildman–Crippen LogP) is 1.34. The third-order valence-electron chi connectivity index (χ3n) is 4.74. The van der Waals surface area contributed by atoms with Crippen molar-refractivity contribution in [2.75, 3.05) is 27.2 Å². The Morgan fingerprint density at radius 3 is 2.72 bits per heavy atom. The number of hydrogen-bond donors (Lipinski definition) is 2. The number of aromatic nitrogens is 2. The first-order valence-electron chi connectivity index (χ1n) is 8.82. The fourth-order valence-corrected chi connectivity index (χ4v) is 3.47. The smallest absolute Gasteiger partial charge is 0.248 e. The van der Waals surface area contributed by atoms with Crippen molar-refractivity contribution in [3.63, 3.8) is 0 Å². The van der Waals surface area contributed by atoms with Gasteiger partial charge in [-0.3, -0.25) is 9.48 Å². The van der Waals surface area contributed by atoms with E-state index in [4.69, 9.17) is 0 Å². The largest absolute Gasteiger partial charge is 0.350 e. The van der Waals surface area contributed by atoms with Gasteiger partial charge in [-0.05, 0) is 57.2 Å². The monoisotopic (exact) mass is 341 g/mol. The molecule has 1 amide bonds. The fourth-order valence-electron chi connectivity index (χ4n) is 3.47. The molecule has 3 rings (SSSR count). The molecule has 1 aromatic heterocycles. The molecule has 2 N–H and O–H groups in total. The zero-order valence-corrected chi connectivity index (χ0v) is 15.0. The van der Waals surface area contributed by atoms with Crippen LogP contribution in [0.3, 0.4) is 0 Å². The fraction of sp³-hybridized carbons (Fsp3) is 0.474. The Bertz CT molecular complexity index is 690. The quantitative estimate of drug-likeness (QED) is 0.832. The van der Waals surface area contributed by atoms with Crippen LogP contribution in [0.25, 0.3) is 0 Å². The summed E-state index contributed by atoms with van der Waals surface area (Å²) in [6.45, 7) is 3.08. The highest BCUT2D eigenvalue weighted by atomic mass is 16.2. The van der Waals surface area contributed by atoms with Crippen LogP contribution in [0.5, 0.6) is 0 Å². The number of nitrogens with one attached hydrogen (secondary N) is 2. The second-order valence-corrected chi connectivity index (χ2v) is 6.97. The topological polar surface area (TPSA) is 62.2 Å². The Kier molecular flexibility index (Phi) is 5.50. The Labute approximate surface area is 149 Å². The van der Waals surface area contributed by atoms with E-state index in [1.165, 1.54) is 5.56 Å². The zero-order valence-electron chi connectivity index (χ0n) is 15.0. The summed E-state index contributed by atoms with van der Waals surface area (Å²) in [4.78, 5) is 15.2. The lowest BCUT2D eigenvalue weighted by Gasteiger charge is -2.36. The van der Waals surface area contributed by atoms with Gasteiger partial charge in [-0.15, -0.1) is 0 Å². The van der Waals surface area contributed by atoms with E-state index in [1.54, 1.807) is 6.20 Å². The summed E-state index contributed by atoms with van der Waals surface area (Å²) < 4.78 is 1.83. The summed E-state index contributed by atoms with van der Waals surface area (Å²) in [6, 6.07) is 10.3. The molecule has 1 aliphatic rings. The van der Waals surface area contributed by atoms with Crippen molar-refractivity contribution in [2.24, 2.45) is 0 Å². The van der Waals surface area contributed by atoms with E-state index in [2.05, 4.69) is 52.9 Å². The third kappa shape index (κ3) is 4.08. The molecule has 2 heterocycles. The molecule has 0 spiro atoms. The molecule has 0 saturated carbocycles. The molecule has 0 atom stereocenters. The van der Waals surface area contributed by atoms with Crippen LogP contribution in [0, 0.1) is 0 Å². The third-order valence-corrected chi connectivity index (χ3v) is 4.74. The van der Waals surface area contributed by atoms with Crippen LogP contribution in [0.2, 0.25) is 0 Å². The van der Waals surface area contributed by atoms with Gasteiger partial charge in [0.1, 0.15) is 5.54 Å². The lowest BCUT2D eigenvalue weighted by Crippen LogP contribution is -2.54. The first-order valence-corrected chi connectivity index (χ1v) is 8.82. The Hall–Kier alpha value is -2.18. The van der Waals surface area contributed by atoms with Gasteiger partial charge in [0.2, 0.25) is 5.91 Å². The second-order valence-electron chi connectivity index (χ2n) is 6.97. The first-order chi connectivity index (χ1) is 12.1. The van der Waals surface area contributed by atoms with Crippen molar-refractivity contribution < 1.29 is 4.79 Å². The average molecular weight is 341 g/mol. The number of carbonyl (C=O) groups excluding carboxylic acids is 1. The number of amides is 1. The second kappa shape index (κ2) is 7.80. The van der Waals surface area contributed by atoms with Gasteiger partial charge in [-0.1, -0.05) is 24.3 Å². The molecule has 1 aromatic carbocycles. The normalized spacial score (nSPS) is 16.8. The van der Waals surface area contributed by atoms with Crippen molar-refractivity contribution in [2.45, 2.75) is 31.5 Å². The van der Waals surface area contributed by atoms with Crippen LogP contribution in [0.1, 0.15) is 24.0 Å². The van der Waals surface area contributed by atoms with Crippen molar-refractivity contribution in [3.05, 3.63) is 53.9 Å². The lowest BCUT2D eigenvalue weighted by atomic mass is 9.87. The van der Waals surface area contributed by atoms with E-state index in [0.29, 0.717) is 6.54 Å². The minimum atomic E-state index is -0.587. The first kappa shape index (κ1) is 17.6. The molecule has 2 aromatic rings. The molecule has 25 heavy (non-hydrogen) atoms.